The van der Waals surface area contributed by atoms with Gasteiger partial charge in [-0.15, -0.1) is 5.10 Å². The molecule has 116 valence electrons. The fourth-order valence-electron chi connectivity index (χ4n) is 2.51. The van der Waals surface area contributed by atoms with E-state index in [0.717, 1.165) is 25.7 Å². The van der Waals surface area contributed by atoms with E-state index in [0.29, 0.717) is 18.4 Å². The Morgan fingerprint density at radius 3 is 2.57 bits per heavy atom. The molecule has 1 heterocycles. The third kappa shape index (κ3) is 4.82. The summed E-state index contributed by atoms with van der Waals surface area (Å²) in [6.07, 6.45) is 3.20. The van der Waals surface area contributed by atoms with E-state index in [1.54, 1.807) is 6.92 Å². The molecule has 1 aliphatic carbocycles. The quantitative estimate of drug-likeness (QED) is 0.710. The number of anilines is 1. The van der Waals surface area contributed by atoms with Gasteiger partial charge in [-0.05, 0) is 38.1 Å². The van der Waals surface area contributed by atoms with Gasteiger partial charge < -0.3 is 14.8 Å². The third-order valence-corrected chi connectivity index (χ3v) is 3.69. The minimum absolute atomic E-state index is 0.0984. The van der Waals surface area contributed by atoms with Gasteiger partial charge in [-0.1, -0.05) is 5.10 Å². The molecular weight excluding hydrogens is 276 g/mol. The average Bonchev–Trinajstić information content (AvgIpc) is 2.84. The maximum atomic E-state index is 11.6. The summed E-state index contributed by atoms with van der Waals surface area (Å²) in [7, 11) is 0. The summed E-state index contributed by atoms with van der Waals surface area (Å²) in [5.41, 5.74) is 0. The number of nitrogens with zero attached hydrogens (tertiary/aromatic N) is 2. The molecule has 0 saturated heterocycles. The van der Waals surface area contributed by atoms with E-state index >= 15 is 0 Å². The SMILES string of the molecule is Cc1nnc(NC(=O)CNCC2CCC(C(=O)O)CC2)o1. The van der Waals surface area contributed by atoms with Crippen LogP contribution in [0, 0.1) is 18.8 Å². The van der Waals surface area contributed by atoms with Crippen molar-refractivity contribution in [2.24, 2.45) is 11.8 Å². The molecule has 21 heavy (non-hydrogen) atoms. The molecule has 8 nitrogen and oxygen atoms in total. The predicted octanol–water partition coefficient (Wildman–Crippen LogP) is 0.797. The first-order valence-electron chi connectivity index (χ1n) is 7.08. The van der Waals surface area contributed by atoms with E-state index in [9.17, 15) is 9.59 Å². The molecule has 1 saturated carbocycles. The summed E-state index contributed by atoms with van der Waals surface area (Å²) < 4.78 is 5.05. The summed E-state index contributed by atoms with van der Waals surface area (Å²) in [6, 6.07) is 0.0984. The number of nitrogens with one attached hydrogen (secondary N) is 2. The van der Waals surface area contributed by atoms with Gasteiger partial charge in [0.25, 0.3) is 0 Å². The van der Waals surface area contributed by atoms with Gasteiger partial charge in [0.1, 0.15) is 0 Å². The Bertz CT molecular complexity index is 494. The number of carbonyl (C=O) groups excluding carboxylic acids is 1. The highest BCUT2D eigenvalue weighted by molar-refractivity contribution is 5.90. The van der Waals surface area contributed by atoms with Gasteiger partial charge in [0, 0.05) is 6.92 Å². The minimum Gasteiger partial charge on any atom is -0.481 e. The normalized spacial score (nSPS) is 22.0. The Hall–Kier alpha value is -1.96. The maximum Gasteiger partial charge on any atom is 0.322 e. The molecule has 1 fully saturated rings. The molecule has 0 radical (unpaired) electrons. The number of rotatable bonds is 6. The van der Waals surface area contributed by atoms with Crippen LogP contribution in [-0.4, -0.2) is 40.3 Å². The van der Waals surface area contributed by atoms with E-state index in [1.807, 2.05) is 0 Å². The van der Waals surface area contributed by atoms with E-state index in [2.05, 4.69) is 20.8 Å². The molecule has 1 aromatic rings. The van der Waals surface area contributed by atoms with Crippen LogP contribution in [0.4, 0.5) is 6.01 Å². The van der Waals surface area contributed by atoms with Gasteiger partial charge in [-0.25, -0.2) is 0 Å². The Morgan fingerprint density at radius 1 is 1.29 bits per heavy atom. The molecule has 1 aromatic heterocycles. The molecule has 8 heteroatoms. The largest absolute Gasteiger partial charge is 0.481 e. The van der Waals surface area contributed by atoms with Gasteiger partial charge in [-0.3, -0.25) is 14.9 Å². The van der Waals surface area contributed by atoms with Gasteiger partial charge in [-0.2, -0.15) is 0 Å². The van der Waals surface area contributed by atoms with Crippen molar-refractivity contribution in [2.45, 2.75) is 32.6 Å². The van der Waals surface area contributed by atoms with Crippen LogP contribution >= 0.6 is 0 Å². The highest BCUT2D eigenvalue weighted by Crippen LogP contribution is 2.28. The van der Waals surface area contributed by atoms with E-state index in [-0.39, 0.29) is 24.4 Å². The lowest BCUT2D eigenvalue weighted by Crippen LogP contribution is -2.33. The minimum atomic E-state index is -0.698. The van der Waals surface area contributed by atoms with Crippen molar-refractivity contribution < 1.29 is 19.1 Å². The molecule has 0 aromatic carbocycles. The van der Waals surface area contributed by atoms with Crippen molar-refractivity contribution in [1.82, 2.24) is 15.5 Å². The Kier molecular flexibility index (Phi) is 5.26. The number of aromatic nitrogens is 2. The second-order valence-corrected chi connectivity index (χ2v) is 5.36. The predicted molar refractivity (Wildman–Crippen MR) is 73.6 cm³/mol. The zero-order valence-electron chi connectivity index (χ0n) is 12.0. The van der Waals surface area contributed by atoms with Crippen molar-refractivity contribution in [1.29, 1.82) is 0 Å². The van der Waals surface area contributed by atoms with Crippen molar-refractivity contribution in [2.75, 3.05) is 18.4 Å². The molecule has 1 aliphatic rings. The number of aliphatic carboxylic acids is 1. The molecule has 3 N–H and O–H groups in total. The van der Waals surface area contributed by atoms with Crippen LogP contribution in [0.2, 0.25) is 0 Å². The van der Waals surface area contributed by atoms with Crippen LogP contribution < -0.4 is 10.6 Å². The number of hydrogen-bond donors (Lipinski definition) is 3. The standard InChI is InChI=1S/C13H20N4O4/c1-8-16-17-13(21-8)15-11(18)7-14-6-9-2-4-10(5-3-9)12(19)20/h9-10,14H,2-7H2,1H3,(H,19,20)(H,15,17,18). The lowest BCUT2D eigenvalue weighted by molar-refractivity contribution is -0.143. The molecular formula is C13H20N4O4. The van der Waals surface area contributed by atoms with Gasteiger partial charge in [0.05, 0.1) is 12.5 Å². The summed E-state index contributed by atoms with van der Waals surface area (Å²) >= 11 is 0. The first kappa shape index (κ1) is 15.4. The van der Waals surface area contributed by atoms with Crippen molar-refractivity contribution in [3.8, 4) is 0 Å². The smallest absolute Gasteiger partial charge is 0.322 e. The van der Waals surface area contributed by atoms with Crippen LogP contribution in [0.5, 0.6) is 0 Å². The third-order valence-electron chi connectivity index (χ3n) is 3.69. The first-order chi connectivity index (χ1) is 10.0. The monoisotopic (exact) mass is 296 g/mol. The highest BCUT2D eigenvalue weighted by atomic mass is 16.4. The molecule has 0 unspecified atom stereocenters. The summed E-state index contributed by atoms with van der Waals surface area (Å²) in [5.74, 6) is -0.314. The molecule has 0 atom stereocenters. The molecule has 0 bridgehead atoms. The Labute approximate surface area is 122 Å². The molecule has 0 spiro atoms. The number of carboxylic acid groups (broad SMARTS) is 1. The first-order valence-corrected chi connectivity index (χ1v) is 7.08. The number of amides is 1. The van der Waals surface area contributed by atoms with Crippen molar-refractivity contribution in [3.63, 3.8) is 0 Å². The van der Waals surface area contributed by atoms with Crippen LogP contribution in [0.25, 0.3) is 0 Å². The van der Waals surface area contributed by atoms with Gasteiger partial charge in [0.2, 0.25) is 11.8 Å². The van der Waals surface area contributed by atoms with Crippen LogP contribution in [0.3, 0.4) is 0 Å². The number of carbonyl (C=O) groups is 2. The second-order valence-electron chi connectivity index (χ2n) is 5.36. The zero-order valence-corrected chi connectivity index (χ0v) is 12.0. The Balaban J connectivity index is 1.61. The van der Waals surface area contributed by atoms with Crippen LogP contribution in [-0.2, 0) is 9.59 Å². The summed E-state index contributed by atoms with van der Waals surface area (Å²) in [5, 5.41) is 21.8. The summed E-state index contributed by atoms with van der Waals surface area (Å²) in [6.45, 7) is 2.53. The lowest BCUT2D eigenvalue weighted by atomic mass is 9.82. The van der Waals surface area contributed by atoms with Crippen LogP contribution in [0.1, 0.15) is 31.6 Å². The topological polar surface area (TPSA) is 117 Å². The lowest BCUT2D eigenvalue weighted by Gasteiger charge is -2.26. The fraction of sp³-hybridized carbons (Fsp3) is 0.692. The molecule has 2 rings (SSSR count). The highest BCUT2D eigenvalue weighted by Gasteiger charge is 2.25. The maximum absolute atomic E-state index is 11.6. The van der Waals surface area contributed by atoms with Gasteiger partial charge in [0.15, 0.2) is 0 Å². The number of aryl methyl sites for hydroxylation is 1. The van der Waals surface area contributed by atoms with E-state index < -0.39 is 5.97 Å². The number of hydrogen-bond acceptors (Lipinski definition) is 6. The van der Waals surface area contributed by atoms with Gasteiger partial charge >= 0.3 is 12.0 Å². The molecule has 0 aliphatic heterocycles. The van der Waals surface area contributed by atoms with E-state index in [4.69, 9.17) is 9.52 Å². The van der Waals surface area contributed by atoms with E-state index in [1.165, 1.54) is 0 Å². The summed E-state index contributed by atoms with van der Waals surface area (Å²) in [4.78, 5) is 22.5. The Morgan fingerprint density at radius 2 is 2.00 bits per heavy atom. The van der Waals surface area contributed by atoms with Crippen molar-refractivity contribution >= 4 is 17.9 Å². The number of carboxylic acids is 1. The average molecular weight is 296 g/mol. The zero-order chi connectivity index (χ0) is 15.2. The van der Waals surface area contributed by atoms with Crippen molar-refractivity contribution in [3.05, 3.63) is 5.89 Å². The van der Waals surface area contributed by atoms with Crippen LogP contribution in [0.15, 0.2) is 4.42 Å². The fourth-order valence-corrected chi connectivity index (χ4v) is 2.51. The molecule has 1 amide bonds. The second kappa shape index (κ2) is 7.16.